The van der Waals surface area contributed by atoms with Gasteiger partial charge in [0.1, 0.15) is 17.3 Å². The molecule has 0 saturated heterocycles. The second-order valence-electron chi connectivity index (χ2n) is 4.49. The summed E-state index contributed by atoms with van der Waals surface area (Å²) in [5.74, 6) is 0.230. The molecule has 0 amide bonds. The average Bonchev–Trinajstić information content (AvgIpc) is 2.49. The van der Waals surface area contributed by atoms with E-state index in [0.717, 1.165) is 5.56 Å². The number of halogens is 1. The Hall–Kier alpha value is -2.56. The average molecular weight is 289 g/mol. The van der Waals surface area contributed by atoms with Gasteiger partial charge in [-0.2, -0.15) is 0 Å². The molecular weight excluding hydrogens is 273 g/mol. The lowest BCUT2D eigenvalue weighted by Crippen LogP contribution is -2.09. The predicted octanol–water partition coefficient (Wildman–Crippen LogP) is 2.95. The Morgan fingerprint density at radius 2 is 1.81 bits per heavy atom. The van der Waals surface area contributed by atoms with Crippen molar-refractivity contribution in [3.8, 4) is 11.5 Å². The van der Waals surface area contributed by atoms with Crippen LogP contribution < -0.4 is 15.2 Å². The summed E-state index contributed by atoms with van der Waals surface area (Å²) in [6.07, 6.45) is 0.623. The van der Waals surface area contributed by atoms with Crippen LogP contribution in [0.3, 0.4) is 0 Å². The lowest BCUT2D eigenvalue weighted by molar-refractivity contribution is -0.134. The molecule has 0 fully saturated rings. The molecule has 0 spiro atoms. The van der Waals surface area contributed by atoms with Gasteiger partial charge in [-0.3, -0.25) is 4.79 Å². The van der Waals surface area contributed by atoms with Gasteiger partial charge in [0.05, 0.1) is 13.5 Å². The first-order valence-electron chi connectivity index (χ1n) is 6.47. The highest BCUT2D eigenvalue weighted by Gasteiger charge is 2.08. The van der Waals surface area contributed by atoms with Gasteiger partial charge in [0.25, 0.3) is 0 Å². The van der Waals surface area contributed by atoms with Gasteiger partial charge < -0.3 is 15.2 Å². The Kier molecular flexibility index (Phi) is 4.77. The van der Waals surface area contributed by atoms with Gasteiger partial charge in [0, 0.05) is 5.69 Å². The number of carbonyl (C=O) groups excluding carboxylic acids is 1. The van der Waals surface area contributed by atoms with Crippen LogP contribution in [0.15, 0.2) is 42.5 Å². The number of esters is 1. The van der Waals surface area contributed by atoms with Crippen molar-refractivity contribution >= 4 is 11.7 Å². The molecule has 2 aromatic carbocycles. The fourth-order valence-electron chi connectivity index (χ4n) is 1.85. The molecule has 0 saturated carbocycles. The molecule has 2 aromatic rings. The Morgan fingerprint density at radius 3 is 2.48 bits per heavy atom. The van der Waals surface area contributed by atoms with E-state index in [9.17, 15) is 9.18 Å². The third-order valence-corrected chi connectivity index (χ3v) is 2.99. The number of rotatable bonds is 5. The molecule has 110 valence electrons. The molecule has 21 heavy (non-hydrogen) atoms. The first-order chi connectivity index (χ1) is 10.1. The molecular formula is C16H16FNO3. The van der Waals surface area contributed by atoms with Gasteiger partial charge in [-0.15, -0.1) is 0 Å². The Labute approximate surface area is 122 Å². The maximum absolute atomic E-state index is 12.7. The number of benzene rings is 2. The number of nitrogen functional groups attached to an aromatic ring is 1. The Balaban J connectivity index is 1.93. The van der Waals surface area contributed by atoms with Crippen LogP contribution in [0.25, 0.3) is 0 Å². The molecule has 0 aliphatic heterocycles. The topological polar surface area (TPSA) is 61.5 Å². The maximum atomic E-state index is 12.7. The number of anilines is 1. The van der Waals surface area contributed by atoms with Crippen molar-refractivity contribution in [2.24, 2.45) is 0 Å². The van der Waals surface area contributed by atoms with E-state index in [1.807, 2.05) is 0 Å². The number of ether oxygens (including phenoxy) is 2. The van der Waals surface area contributed by atoms with Gasteiger partial charge in [-0.05, 0) is 54.4 Å². The van der Waals surface area contributed by atoms with Crippen LogP contribution in [-0.4, -0.2) is 13.1 Å². The monoisotopic (exact) mass is 289 g/mol. The van der Waals surface area contributed by atoms with E-state index in [4.69, 9.17) is 15.2 Å². The minimum Gasteiger partial charge on any atom is -0.497 e. The first kappa shape index (κ1) is 14.8. The molecule has 5 heteroatoms. The number of methoxy groups -OCH3 is 1. The summed E-state index contributed by atoms with van der Waals surface area (Å²) in [7, 11) is 1.57. The summed E-state index contributed by atoms with van der Waals surface area (Å²) in [4.78, 5) is 11.7. The molecule has 0 heterocycles. The predicted molar refractivity (Wildman–Crippen MR) is 77.8 cm³/mol. The van der Waals surface area contributed by atoms with E-state index in [0.29, 0.717) is 23.6 Å². The number of aryl methyl sites for hydroxylation is 1. The van der Waals surface area contributed by atoms with Crippen molar-refractivity contribution < 1.29 is 18.7 Å². The molecule has 2 rings (SSSR count). The molecule has 4 nitrogen and oxygen atoms in total. The highest BCUT2D eigenvalue weighted by molar-refractivity contribution is 5.73. The van der Waals surface area contributed by atoms with Crippen LogP contribution in [0.2, 0.25) is 0 Å². The van der Waals surface area contributed by atoms with Crippen LogP contribution in [0.4, 0.5) is 10.1 Å². The van der Waals surface area contributed by atoms with Crippen molar-refractivity contribution in [3.05, 3.63) is 53.8 Å². The fraction of sp³-hybridized carbons (Fsp3) is 0.188. The van der Waals surface area contributed by atoms with Crippen LogP contribution in [0.5, 0.6) is 11.5 Å². The fourth-order valence-corrected chi connectivity index (χ4v) is 1.85. The van der Waals surface area contributed by atoms with Crippen molar-refractivity contribution in [1.82, 2.24) is 0 Å². The van der Waals surface area contributed by atoms with Crippen LogP contribution in [0.1, 0.15) is 12.0 Å². The summed E-state index contributed by atoms with van der Waals surface area (Å²) in [6.45, 7) is 0. The third-order valence-electron chi connectivity index (χ3n) is 2.99. The van der Waals surface area contributed by atoms with Crippen molar-refractivity contribution in [1.29, 1.82) is 0 Å². The molecule has 0 atom stereocenters. The van der Waals surface area contributed by atoms with E-state index in [2.05, 4.69) is 0 Å². The van der Waals surface area contributed by atoms with Crippen LogP contribution >= 0.6 is 0 Å². The Bertz CT molecular complexity index is 626. The second kappa shape index (κ2) is 6.74. The highest BCUT2D eigenvalue weighted by atomic mass is 19.1. The quantitative estimate of drug-likeness (QED) is 0.522. The first-order valence-corrected chi connectivity index (χ1v) is 6.47. The van der Waals surface area contributed by atoms with E-state index in [1.165, 1.54) is 24.3 Å². The van der Waals surface area contributed by atoms with Gasteiger partial charge in [-0.25, -0.2) is 4.39 Å². The molecule has 0 aliphatic carbocycles. The zero-order valence-electron chi connectivity index (χ0n) is 11.6. The van der Waals surface area contributed by atoms with E-state index in [-0.39, 0.29) is 12.2 Å². The largest absolute Gasteiger partial charge is 0.497 e. The van der Waals surface area contributed by atoms with Crippen molar-refractivity contribution in [2.45, 2.75) is 12.8 Å². The van der Waals surface area contributed by atoms with Crippen LogP contribution in [0, 0.1) is 5.82 Å². The summed E-state index contributed by atoms with van der Waals surface area (Å²) >= 11 is 0. The van der Waals surface area contributed by atoms with Crippen molar-refractivity contribution in [3.63, 3.8) is 0 Å². The lowest BCUT2D eigenvalue weighted by Gasteiger charge is -2.08. The number of carbonyl (C=O) groups is 1. The van der Waals surface area contributed by atoms with Gasteiger partial charge >= 0.3 is 5.97 Å². The maximum Gasteiger partial charge on any atom is 0.311 e. The van der Waals surface area contributed by atoms with Crippen LogP contribution in [-0.2, 0) is 11.2 Å². The Morgan fingerprint density at radius 1 is 1.14 bits per heavy atom. The minimum atomic E-state index is -0.399. The number of hydrogen-bond acceptors (Lipinski definition) is 4. The zero-order chi connectivity index (χ0) is 15.2. The summed E-state index contributed by atoms with van der Waals surface area (Å²) < 4.78 is 23.0. The van der Waals surface area contributed by atoms with E-state index >= 15 is 0 Å². The third kappa shape index (κ3) is 4.21. The highest BCUT2D eigenvalue weighted by Crippen LogP contribution is 2.21. The molecule has 0 bridgehead atoms. The summed E-state index contributed by atoms with van der Waals surface area (Å²) in [5, 5.41) is 0. The van der Waals surface area contributed by atoms with Gasteiger partial charge in [0.15, 0.2) is 0 Å². The number of hydrogen-bond donors (Lipinski definition) is 1. The molecule has 0 unspecified atom stereocenters. The molecule has 0 aliphatic rings. The SMILES string of the molecule is COc1ccc(N)c(CCC(=O)Oc2ccc(F)cc2)c1. The van der Waals surface area contributed by atoms with E-state index < -0.39 is 5.97 Å². The second-order valence-corrected chi connectivity index (χ2v) is 4.49. The minimum absolute atomic E-state index is 0.175. The standard InChI is InChI=1S/C16H16FNO3/c1-20-14-7-8-15(18)11(10-14)2-9-16(19)21-13-5-3-12(17)4-6-13/h3-8,10H,2,9,18H2,1H3. The van der Waals surface area contributed by atoms with Crippen molar-refractivity contribution in [2.75, 3.05) is 12.8 Å². The lowest BCUT2D eigenvalue weighted by atomic mass is 10.1. The zero-order valence-corrected chi connectivity index (χ0v) is 11.6. The van der Waals surface area contributed by atoms with Gasteiger partial charge in [-0.1, -0.05) is 0 Å². The molecule has 0 radical (unpaired) electrons. The smallest absolute Gasteiger partial charge is 0.311 e. The molecule has 2 N–H and O–H groups in total. The summed E-state index contributed by atoms with van der Waals surface area (Å²) in [6, 6.07) is 10.6. The normalized spacial score (nSPS) is 10.2. The summed E-state index contributed by atoms with van der Waals surface area (Å²) in [5.41, 5.74) is 7.28. The number of nitrogens with two attached hydrogens (primary N) is 1. The van der Waals surface area contributed by atoms with E-state index in [1.54, 1.807) is 25.3 Å². The van der Waals surface area contributed by atoms with Gasteiger partial charge in [0.2, 0.25) is 0 Å². The molecule has 0 aromatic heterocycles.